The SMILES string of the molecule is COC(=O)[C@H]1[C@@H]2c3ccccc3O[C@@]1(C)N=c1s/c(=C\c3c(C)nn(C)c3C)c(=O)n12. The van der Waals surface area contributed by atoms with Crippen LogP contribution in [0.4, 0.5) is 0 Å². The zero-order valence-electron chi connectivity index (χ0n) is 17.9. The molecule has 0 fully saturated rings. The summed E-state index contributed by atoms with van der Waals surface area (Å²) >= 11 is 1.29. The van der Waals surface area contributed by atoms with E-state index in [0.29, 0.717) is 15.1 Å². The second-order valence-corrected chi connectivity index (χ2v) is 9.04. The van der Waals surface area contributed by atoms with Gasteiger partial charge in [-0.05, 0) is 32.9 Å². The minimum atomic E-state index is -1.17. The highest BCUT2D eigenvalue weighted by Crippen LogP contribution is 2.47. The van der Waals surface area contributed by atoms with Gasteiger partial charge in [0.15, 0.2) is 4.80 Å². The number of benzene rings is 1. The van der Waals surface area contributed by atoms with Crippen molar-refractivity contribution in [3.63, 3.8) is 0 Å². The Morgan fingerprint density at radius 1 is 1.32 bits per heavy atom. The van der Waals surface area contributed by atoms with Crippen molar-refractivity contribution in [3.8, 4) is 5.75 Å². The van der Waals surface area contributed by atoms with Gasteiger partial charge in [-0.3, -0.25) is 18.8 Å². The van der Waals surface area contributed by atoms with E-state index in [4.69, 9.17) is 14.5 Å². The third-order valence-corrected chi connectivity index (χ3v) is 7.16. The smallest absolute Gasteiger partial charge is 0.317 e. The number of carbonyl (C=O) groups excluding carboxylic acids is 1. The molecule has 2 aliphatic rings. The average Bonchev–Trinajstić information content (AvgIpc) is 3.16. The molecule has 0 N–H and O–H groups in total. The first-order valence-corrected chi connectivity index (χ1v) is 10.8. The molecule has 4 heterocycles. The summed E-state index contributed by atoms with van der Waals surface area (Å²) in [4.78, 5) is 31.7. The highest BCUT2D eigenvalue weighted by atomic mass is 32.1. The van der Waals surface area contributed by atoms with E-state index in [1.165, 1.54) is 18.4 Å². The van der Waals surface area contributed by atoms with Gasteiger partial charge in [0, 0.05) is 23.9 Å². The lowest BCUT2D eigenvalue weighted by Crippen LogP contribution is -2.58. The molecule has 8 nitrogen and oxygen atoms in total. The van der Waals surface area contributed by atoms with Crippen LogP contribution in [0.3, 0.4) is 0 Å². The molecule has 2 aliphatic heterocycles. The van der Waals surface area contributed by atoms with Gasteiger partial charge in [0.25, 0.3) is 5.56 Å². The highest BCUT2D eigenvalue weighted by molar-refractivity contribution is 7.07. The van der Waals surface area contributed by atoms with Crippen molar-refractivity contribution >= 4 is 23.4 Å². The zero-order valence-corrected chi connectivity index (χ0v) is 18.7. The van der Waals surface area contributed by atoms with Crippen LogP contribution in [0.1, 0.15) is 35.5 Å². The lowest BCUT2D eigenvalue weighted by Gasteiger charge is -2.44. The Bertz CT molecular complexity index is 1420. The number of rotatable bonds is 2. The number of aryl methyl sites for hydroxylation is 2. The Morgan fingerprint density at radius 2 is 2.06 bits per heavy atom. The monoisotopic (exact) mass is 438 g/mol. The number of nitrogens with zero attached hydrogens (tertiary/aromatic N) is 4. The van der Waals surface area contributed by atoms with Gasteiger partial charge >= 0.3 is 5.97 Å². The first-order chi connectivity index (χ1) is 14.7. The average molecular weight is 439 g/mol. The number of thiazole rings is 1. The fraction of sp³-hybridized carbons (Fsp3) is 0.364. The molecule has 31 heavy (non-hydrogen) atoms. The number of carbonyl (C=O) groups is 1. The Kier molecular flexibility index (Phi) is 4.23. The van der Waals surface area contributed by atoms with E-state index in [9.17, 15) is 9.59 Å². The van der Waals surface area contributed by atoms with Crippen molar-refractivity contribution in [1.29, 1.82) is 0 Å². The minimum absolute atomic E-state index is 0.191. The molecular formula is C22H22N4O4S. The van der Waals surface area contributed by atoms with Crippen LogP contribution in [0.2, 0.25) is 0 Å². The zero-order chi connectivity index (χ0) is 22.1. The van der Waals surface area contributed by atoms with Crippen LogP contribution in [-0.4, -0.2) is 33.2 Å². The molecule has 0 saturated heterocycles. The number of methoxy groups -OCH3 is 1. The number of hydrogen-bond acceptors (Lipinski definition) is 7. The quantitative estimate of drug-likeness (QED) is 0.562. The van der Waals surface area contributed by atoms with Crippen molar-refractivity contribution < 1.29 is 14.3 Å². The van der Waals surface area contributed by atoms with Crippen molar-refractivity contribution in [3.05, 3.63) is 66.5 Å². The highest BCUT2D eigenvalue weighted by Gasteiger charge is 2.55. The first-order valence-electron chi connectivity index (χ1n) is 9.94. The molecule has 0 amide bonds. The maximum atomic E-state index is 13.6. The maximum absolute atomic E-state index is 13.6. The molecular weight excluding hydrogens is 416 g/mol. The van der Waals surface area contributed by atoms with E-state index in [1.807, 2.05) is 51.2 Å². The molecule has 0 unspecified atom stereocenters. The predicted octanol–water partition coefficient (Wildman–Crippen LogP) is 1.21. The van der Waals surface area contributed by atoms with Crippen LogP contribution in [0.5, 0.6) is 5.75 Å². The van der Waals surface area contributed by atoms with Gasteiger partial charge in [0.05, 0.1) is 23.4 Å². The molecule has 1 aromatic carbocycles. The van der Waals surface area contributed by atoms with Gasteiger partial charge in [0.1, 0.15) is 11.7 Å². The normalized spacial score (nSPS) is 24.1. The van der Waals surface area contributed by atoms with E-state index in [1.54, 1.807) is 16.2 Å². The number of hydrogen-bond donors (Lipinski definition) is 0. The lowest BCUT2D eigenvalue weighted by atomic mass is 9.81. The van der Waals surface area contributed by atoms with E-state index < -0.39 is 23.7 Å². The summed E-state index contributed by atoms with van der Waals surface area (Å²) in [6.07, 6.45) is 1.86. The van der Waals surface area contributed by atoms with E-state index in [0.717, 1.165) is 22.5 Å². The topological polar surface area (TPSA) is 87.7 Å². The van der Waals surface area contributed by atoms with Gasteiger partial charge in [-0.15, -0.1) is 0 Å². The van der Waals surface area contributed by atoms with Gasteiger partial charge in [-0.2, -0.15) is 5.10 Å². The molecule has 160 valence electrons. The summed E-state index contributed by atoms with van der Waals surface area (Å²) in [6.45, 7) is 5.65. The van der Waals surface area contributed by atoms with Crippen LogP contribution in [0.15, 0.2) is 34.1 Å². The molecule has 0 saturated carbocycles. The van der Waals surface area contributed by atoms with Crippen molar-refractivity contribution in [1.82, 2.24) is 14.3 Å². The van der Waals surface area contributed by atoms with Crippen LogP contribution < -0.4 is 19.6 Å². The largest absolute Gasteiger partial charge is 0.469 e. The molecule has 0 spiro atoms. The molecule has 3 atom stereocenters. The molecule has 3 aromatic rings. The van der Waals surface area contributed by atoms with Crippen molar-refractivity contribution in [2.24, 2.45) is 18.0 Å². The van der Waals surface area contributed by atoms with E-state index in [2.05, 4.69) is 5.10 Å². The fourth-order valence-electron chi connectivity index (χ4n) is 4.56. The third kappa shape index (κ3) is 2.72. The van der Waals surface area contributed by atoms with Crippen LogP contribution >= 0.6 is 11.3 Å². The van der Waals surface area contributed by atoms with Gasteiger partial charge in [-0.25, -0.2) is 4.99 Å². The third-order valence-electron chi connectivity index (χ3n) is 6.18. The number of ether oxygens (including phenoxy) is 2. The molecule has 2 bridgehead atoms. The maximum Gasteiger partial charge on any atom is 0.317 e. The van der Waals surface area contributed by atoms with Crippen LogP contribution in [-0.2, 0) is 16.6 Å². The second kappa shape index (κ2) is 6.65. The van der Waals surface area contributed by atoms with Crippen molar-refractivity contribution in [2.45, 2.75) is 32.5 Å². The van der Waals surface area contributed by atoms with E-state index >= 15 is 0 Å². The minimum Gasteiger partial charge on any atom is -0.469 e. The van der Waals surface area contributed by atoms with Crippen molar-refractivity contribution in [2.75, 3.05) is 7.11 Å². The summed E-state index contributed by atoms with van der Waals surface area (Å²) < 4.78 is 15.2. The van der Waals surface area contributed by atoms with Gasteiger partial charge in [0.2, 0.25) is 5.72 Å². The Balaban J connectivity index is 1.82. The van der Waals surface area contributed by atoms with E-state index in [-0.39, 0.29) is 5.56 Å². The fourth-order valence-corrected chi connectivity index (χ4v) is 5.64. The van der Waals surface area contributed by atoms with Crippen LogP contribution in [0.25, 0.3) is 6.08 Å². The summed E-state index contributed by atoms with van der Waals surface area (Å²) in [5.74, 6) is -0.618. The molecule has 9 heteroatoms. The Morgan fingerprint density at radius 3 is 2.74 bits per heavy atom. The molecule has 5 rings (SSSR count). The number of para-hydroxylation sites is 1. The Hall–Kier alpha value is -3.20. The second-order valence-electron chi connectivity index (χ2n) is 8.03. The lowest BCUT2D eigenvalue weighted by molar-refractivity contribution is -0.158. The summed E-state index contributed by atoms with van der Waals surface area (Å²) in [5.41, 5.74) is 2.14. The van der Waals surface area contributed by atoms with Crippen LogP contribution in [0, 0.1) is 19.8 Å². The molecule has 2 aromatic heterocycles. The summed E-state index contributed by atoms with van der Waals surface area (Å²) in [7, 11) is 3.22. The van der Waals surface area contributed by atoms with Gasteiger partial charge < -0.3 is 9.47 Å². The molecule has 0 radical (unpaired) electrons. The number of esters is 1. The number of aromatic nitrogens is 3. The van der Waals surface area contributed by atoms with Gasteiger partial charge in [-0.1, -0.05) is 29.5 Å². The Labute approximate surface area is 182 Å². The summed E-state index contributed by atoms with van der Waals surface area (Å²) in [5, 5.41) is 4.44. The first kappa shape index (κ1) is 19.7. The standard InChI is InChI=1S/C22H22N4O4S/c1-11-14(12(2)25(4)24-11)10-16-19(27)26-18-13-8-6-7-9-15(13)30-22(3,23-21(26)31-16)17(18)20(28)29-5/h6-10,17-18H,1-5H3/b16-10-/t17-,18+,22-/m1/s1. The number of fused-ring (bicyclic) bond motifs is 6. The molecule has 0 aliphatic carbocycles. The predicted molar refractivity (Wildman–Crippen MR) is 115 cm³/mol. The summed E-state index contributed by atoms with van der Waals surface area (Å²) in [6, 6.07) is 6.89.